The first-order valence-corrected chi connectivity index (χ1v) is 5.38. The van der Waals surface area contributed by atoms with Gasteiger partial charge < -0.3 is 10.1 Å². The number of H-pyrrole nitrogens is 1. The van der Waals surface area contributed by atoms with Gasteiger partial charge in [0.05, 0.1) is 5.52 Å². The summed E-state index contributed by atoms with van der Waals surface area (Å²) in [5, 5.41) is 9.42. The molecule has 0 saturated heterocycles. The zero-order valence-electron chi connectivity index (χ0n) is 9.87. The van der Waals surface area contributed by atoms with E-state index in [2.05, 4.69) is 15.0 Å². The van der Waals surface area contributed by atoms with Gasteiger partial charge >= 0.3 is 0 Å². The summed E-state index contributed by atoms with van der Waals surface area (Å²) >= 11 is 0. The molecule has 1 radical (unpaired) electrons. The third kappa shape index (κ3) is 2.85. The molecule has 0 aliphatic carbocycles. The van der Waals surface area contributed by atoms with Gasteiger partial charge in [0, 0.05) is 55.8 Å². The SMILES string of the molecule is O=c1[nH]c(-c2cccc(O)c2)nc2cccnc12.[Ac]. The number of hydrogen-bond donors (Lipinski definition) is 2. The first kappa shape index (κ1) is 14.2. The van der Waals surface area contributed by atoms with Gasteiger partial charge in [-0.25, -0.2) is 9.97 Å². The molecule has 2 aromatic heterocycles. The molecule has 3 rings (SSSR count). The monoisotopic (exact) mass is 466 g/mol. The largest absolute Gasteiger partial charge is 0.508 e. The molecule has 0 atom stereocenters. The number of aromatic amines is 1. The Hall–Kier alpha value is -1.25. The van der Waals surface area contributed by atoms with Crippen LogP contribution in [-0.4, -0.2) is 20.1 Å². The second-order valence-electron chi connectivity index (χ2n) is 3.84. The zero-order chi connectivity index (χ0) is 12.5. The predicted molar refractivity (Wildman–Crippen MR) is 67.3 cm³/mol. The maximum absolute atomic E-state index is 11.8. The molecular formula is C13H9AcN3O2. The van der Waals surface area contributed by atoms with Crippen LogP contribution in [0.25, 0.3) is 22.4 Å². The molecule has 0 saturated carbocycles. The van der Waals surface area contributed by atoms with Gasteiger partial charge in [-0.2, -0.15) is 0 Å². The second kappa shape index (κ2) is 5.81. The Balaban J connectivity index is 0.00000133. The Labute approximate surface area is 144 Å². The molecule has 0 unspecified atom stereocenters. The van der Waals surface area contributed by atoms with Crippen LogP contribution in [0.4, 0.5) is 0 Å². The van der Waals surface area contributed by atoms with Crippen molar-refractivity contribution in [2.45, 2.75) is 0 Å². The molecule has 0 bridgehead atoms. The van der Waals surface area contributed by atoms with Crippen LogP contribution in [0.1, 0.15) is 0 Å². The summed E-state index contributed by atoms with van der Waals surface area (Å²) in [6, 6.07) is 10.0. The molecule has 91 valence electrons. The number of nitrogens with one attached hydrogen (secondary N) is 1. The van der Waals surface area contributed by atoms with Crippen molar-refractivity contribution in [2.75, 3.05) is 0 Å². The molecule has 6 heteroatoms. The average Bonchev–Trinajstić information content (AvgIpc) is 2.39. The van der Waals surface area contributed by atoms with Crippen molar-refractivity contribution in [3.05, 3.63) is 52.9 Å². The number of nitrogens with zero attached hydrogens (tertiary/aromatic N) is 2. The van der Waals surface area contributed by atoms with Gasteiger partial charge in [0.1, 0.15) is 11.6 Å². The van der Waals surface area contributed by atoms with Crippen molar-refractivity contribution in [2.24, 2.45) is 0 Å². The number of benzene rings is 1. The molecule has 1 aromatic carbocycles. The third-order valence-electron chi connectivity index (χ3n) is 2.59. The van der Waals surface area contributed by atoms with Crippen molar-refractivity contribution in [3.63, 3.8) is 0 Å². The van der Waals surface area contributed by atoms with Crippen LogP contribution in [0.3, 0.4) is 0 Å². The van der Waals surface area contributed by atoms with Crippen LogP contribution in [0, 0.1) is 44.1 Å². The summed E-state index contributed by atoms with van der Waals surface area (Å²) in [6.07, 6.45) is 1.55. The molecule has 5 nitrogen and oxygen atoms in total. The number of rotatable bonds is 1. The van der Waals surface area contributed by atoms with Gasteiger partial charge in [-0.05, 0) is 24.3 Å². The van der Waals surface area contributed by atoms with E-state index < -0.39 is 0 Å². The van der Waals surface area contributed by atoms with Crippen LogP contribution in [0.2, 0.25) is 0 Å². The minimum atomic E-state index is -0.293. The topological polar surface area (TPSA) is 78.9 Å². The fourth-order valence-corrected chi connectivity index (χ4v) is 1.77. The molecule has 0 spiro atoms. The quantitative estimate of drug-likeness (QED) is 0.573. The van der Waals surface area contributed by atoms with Crippen LogP contribution >= 0.6 is 0 Å². The van der Waals surface area contributed by atoms with Gasteiger partial charge in [-0.1, -0.05) is 12.1 Å². The molecule has 19 heavy (non-hydrogen) atoms. The molecule has 0 aliphatic rings. The summed E-state index contributed by atoms with van der Waals surface area (Å²) in [4.78, 5) is 22.8. The number of phenolic OH excluding ortho intramolecular Hbond substituents is 1. The number of hydrogen-bond acceptors (Lipinski definition) is 4. The number of phenols is 1. The summed E-state index contributed by atoms with van der Waals surface area (Å²) in [6.45, 7) is 0. The summed E-state index contributed by atoms with van der Waals surface area (Å²) in [5.74, 6) is 0.540. The van der Waals surface area contributed by atoms with Gasteiger partial charge in [-0.15, -0.1) is 0 Å². The standard InChI is InChI=1S/C13H9N3O2.Ac/c17-9-4-1-3-8(7-9)12-15-10-5-2-6-14-11(10)13(18)16-12;/h1-7,17H,(H,15,16,18);. The molecule has 0 amide bonds. The van der Waals surface area contributed by atoms with Crippen molar-refractivity contribution >= 4 is 11.0 Å². The average molecular weight is 466 g/mol. The van der Waals surface area contributed by atoms with Crippen molar-refractivity contribution in [3.8, 4) is 17.1 Å². The van der Waals surface area contributed by atoms with Gasteiger partial charge in [0.25, 0.3) is 5.56 Å². The zero-order valence-corrected chi connectivity index (χ0v) is 14.6. The Bertz CT molecular complexity index is 786. The van der Waals surface area contributed by atoms with Crippen molar-refractivity contribution in [1.29, 1.82) is 0 Å². The summed E-state index contributed by atoms with van der Waals surface area (Å²) in [5.41, 5.74) is 1.19. The number of fused-ring (bicyclic) bond motifs is 1. The number of aromatic hydroxyl groups is 1. The Morgan fingerprint density at radius 3 is 2.79 bits per heavy atom. The van der Waals surface area contributed by atoms with E-state index in [9.17, 15) is 9.90 Å². The van der Waals surface area contributed by atoms with Crippen molar-refractivity contribution in [1.82, 2.24) is 15.0 Å². The van der Waals surface area contributed by atoms with E-state index in [0.717, 1.165) is 0 Å². The normalized spacial score (nSPS) is 10.1. The minimum absolute atomic E-state index is 0. The molecule has 2 N–H and O–H groups in total. The molecule has 2 heterocycles. The second-order valence-corrected chi connectivity index (χ2v) is 3.84. The molecule has 0 fully saturated rings. The van der Waals surface area contributed by atoms with E-state index >= 15 is 0 Å². The van der Waals surface area contributed by atoms with Gasteiger partial charge in [-0.3, -0.25) is 4.79 Å². The van der Waals surface area contributed by atoms with E-state index in [1.807, 2.05) is 0 Å². The minimum Gasteiger partial charge on any atom is -0.508 e. The third-order valence-corrected chi connectivity index (χ3v) is 2.59. The van der Waals surface area contributed by atoms with Crippen LogP contribution in [0.15, 0.2) is 47.4 Å². The Morgan fingerprint density at radius 2 is 2.00 bits per heavy atom. The van der Waals surface area contributed by atoms with E-state index in [1.165, 1.54) is 0 Å². The Kier molecular flexibility index (Phi) is 4.33. The van der Waals surface area contributed by atoms with E-state index in [1.54, 1.807) is 42.6 Å². The van der Waals surface area contributed by atoms with Gasteiger partial charge in [0.15, 0.2) is 5.52 Å². The predicted octanol–water partition coefficient (Wildman–Crippen LogP) is 1.69. The summed E-state index contributed by atoms with van der Waals surface area (Å²) in [7, 11) is 0. The molecule has 3 aromatic rings. The van der Waals surface area contributed by atoms with Gasteiger partial charge in [0.2, 0.25) is 0 Å². The smallest absolute Gasteiger partial charge is 0.277 e. The first-order chi connectivity index (χ1) is 8.74. The first-order valence-electron chi connectivity index (χ1n) is 5.38. The summed E-state index contributed by atoms with van der Waals surface area (Å²) < 4.78 is 0. The number of pyridine rings is 1. The van der Waals surface area contributed by atoms with E-state index in [0.29, 0.717) is 22.4 Å². The Morgan fingerprint density at radius 1 is 1.16 bits per heavy atom. The van der Waals surface area contributed by atoms with Crippen LogP contribution < -0.4 is 5.56 Å². The van der Waals surface area contributed by atoms with Crippen LogP contribution in [0.5, 0.6) is 5.75 Å². The maximum Gasteiger partial charge on any atom is 0.277 e. The fraction of sp³-hybridized carbons (Fsp3) is 0. The van der Waals surface area contributed by atoms with E-state index in [4.69, 9.17) is 0 Å². The fourth-order valence-electron chi connectivity index (χ4n) is 1.77. The number of aromatic nitrogens is 3. The van der Waals surface area contributed by atoms with E-state index in [-0.39, 0.29) is 55.4 Å². The molecular weight excluding hydrogens is 457 g/mol. The maximum atomic E-state index is 11.8. The molecule has 0 aliphatic heterocycles. The van der Waals surface area contributed by atoms with Crippen molar-refractivity contribution < 1.29 is 49.2 Å². The van der Waals surface area contributed by atoms with Crippen LogP contribution in [-0.2, 0) is 0 Å².